The summed E-state index contributed by atoms with van der Waals surface area (Å²) < 4.78 is 40.5. The zero-order valence-corrected chi connectivity index (χ0v) is 14.0. The van der Waals surface area contributed by atoms with Crippen molar-refractivity contribution in [1.29, 1.82) is 0 Å². The topological polar surface area (TPSA) is 90.5 Å². The molecule has 1 aromatic carbocycles. The van der Waals surface area contributed by atoms with Crippen LogP contribution in [0.1, 0.15) is 12.0 Å². The second-order valence-electron chi connectivity index (χ2n) is 5.10. The molecule has 9 heteroatoms. The summed E-state index contributed by atoms with van der Waals surface area (Å²) in [4.78, 5) is 26.3. The number of aryl methyl sites for hydroxylation is 1. The summed E-state index contributed by atoms with van der Waals surface area (Å²) in [6, 6.07) is 5.96. The van der Waals surface area contributed by atoms with Gasteiger partial charge in [-0.1, -0.05) is 12.1 Å². The Morgan fingerprint density at radius 3 is 2.67 bits per heavy atom. The van der Waals surface area contributed by atoms with Gasteiger partial charge in [0.1, 0.15) is 6.29 Å². The Labute approximate surface area is 137 Å². The molecule has 0 saturated heterocycles. The Morgan fingerprint density at radius 2 is 2.04 bits per heavy atom. The van der Waals surface area contributed by atoms with Crippen molar-refractivity contribution >= 4 is 16.3 Å². The van der Waals surface area contributed by atoms with Crippen LogP contribution in [0.2, 0.25) is 0 Å². The first-order chi connectivity index (χ1) is 11.3. The summed E-state index contributed by atoms with van der Waals surface area (Å²) in [5.74, 6) is -0.973. The number of rotatable bonds is 5. The normalized spacial score (nSPS) is 12.4. The van der Waals surface area contributed by atoms with Gasteiger partial charge in [0.15, 0.2) is 11.3 Å². The van der Waals surface area contributed by atoms with Crippen molar-refractivity contribution in [2.75, 3.05) is 6.54 Å². The molecule has 0 bridgehead atoms. The molecule has 128 valence electrons. The van der Waals surface area contributed by atoms with Crippen LogP contribution in [0.15, 0.2) is 45.1 Å². The highest BCUT2D eigenvalue weighted by Crippen LogP contribution is 2.13. The fraction of sp³-hybridized carbons (Fsp3) is 0.267. The second kappa shape index (κ2) is 6.91. The third-order valence-electron chi connectivity index (χ3n) is 3.29. The minimum Gasteiger partial charge on any atom is -0.303 e. The molecule has 7 nitrogen and oxygen atoms in total. The van der Waals surface area contributed by atoms with Crippen LogP contribution < -0.4 is 11.2 Å². The van der Waals surface area contributed by atoms with Gasteiger partial charge in [0.2, 0.25) is 0 Å². The fourth-order valence-corrected chi connectivity index (χ4v) is 3.45. The van der Waals surface area contributed by atoms with Gasteiger partial charge in [-0.3, -0.25) is 9.56 Å². The number of nitrogens with zero attached hydrogens (tertiary/aromatic N) is 3. The molecule has 0 unspecified atom stereocenters. The second-order valence-corrected chi connectivity index (χ2v) is 6.91. The van der Waals surface area contributed by atoms with E-state index in [1.165, 1.54) is 25.2 Å². The van der Waals surface area contributed by atoms with Crippen LogP contribution in [0.5, 0.6) is 0 Å². The number of aldehydes is 1. The maximum atomic E-state index is 14.2. The van der Waals surface area contributed by atoms with Crippen molar-refractivity contribution < 1.29 is 17.6 Å². The van der Waals surface area contributed by atoms with E-state index in [1.807, 2.05) is 0 Å². The molecule has 0 N–H and O–H groups in total. The average Bonchev–Trinajstić information content (AvgIpc) is 2.54. The van der Waals surface area contributed by atoms with Crippen LogP contribution in [0.3, 0.4) is 0 Å². The predicted octanol–water partition coefficient (Wildman–Crippen LogP) is 0.361. The first-order valence-corrected chi connectivity index (χ1v) is 8.47. The summed E-state index contributed by atoms with van der Waals surface area (Å²) in [5, 5.41) is 0. The number of benzene rings is 1. The Balaban J connectivity index is 2.67. The van der Waals surface area contributed by atoms with E-state index in [-0.39, 0.29) is 23.3 Å². The maximum absolute atomic E-state index is 14.2. The largest absolute Gasteiger partial charge is 0.343 e. The van der Waals surface area contributed by atoms with Gasteiger partial charge in [-0.15, -0.1) is 0 Å². The molecule has 1 aromatic heterocycles. The van der Waals surface area contributed by atoms with E-state index in [9.17, 15) is 22.4 Å². The molecule has 0 spiro atoms. The smallest absolute Gasteiger partial charge is 0.303 e. The lowest BCUT2D eigenvalue weighted by molar-refractivity contribution is -0.107. The molecule has 0 aliphatic rings. The number of hydrogen-bond acceptors (Lipinski definition) is 5. The lowest BCUT2D eigenvalue weighted by atomic mass is 10.2. The van der Waals surface area contributed by atoms with Crippen molar-refractivity contribution in [2.45, 2.75) is 18.2 Å². The van der Waals surface area contributed by atoms with Crippen molar-refractivity contribution in [3.05, 3.63) is 57.8 Å². The average molecular weight is 353 g/mol. The lowest BCUT2D eigenvalue weighted by Crippen LogP contribution is -2.42. The minimum atomic E-state index is -4.23. The number of carbonyl (C=O) groups excluding carboxylic acids is 1. The van der Waals surface area contributed by atoms with Gasteiger partial charge in [-0.2, -0.15) is 3.97 Å². The minimum absolute atomic E-state index is 0.00232. The summed E-state index contributed by atoms with van der Waals surface area (Å²) in [7, 11) is -3.02. The summed E-state index contributed by atoms with van der Waals surface area (Å²) >= 11 is 0. The number of halogens is 1. The quantitative estimate of drug-likeness (QED) is 0.573. The van der Waals surface area contributed by atoms with E-state index >= 15 is 0 Å². The molecule has 2 rings (SSSR count). The van der Waals surface area contributed by atoms with Crippen LogP contribution in [-0.2, 0) is 21.9 Å². The van der Waals surface area contributed by atoms with E-state index in [0.29, 0.717) is 22.0 Å². The highest BCUT2D eigenvalue weighted by molar-refractivity contribution is 7.90. The van der Waals surface area contributed by atoms with E-state index in [2.05, 4.69) is 4.99 Å². The molecule has 0 fully saturated rings. The maximum Gasteiger partial charge on any atom is 0.343 e. The molecule has 1 heterocycles. The molecular weight excluding hydrogens is 337 g/mol. The summed E-state index contributed by atoms with van der Waals surface area (Å²) in [6.45, 7) is 1.71. The molecular formula is C15H16FN3O4S. The Morgan fingerprint density at radius 1 is 1.33 bits per heavy atom. The van der Waals surface area contributed by atoms with Gasteiger partial charge in [-0.25, -0.2) is 17.6 Å². The molecule has 0 amide bonds. The standard InChI is InChI=1S/C15H16FN3O4S/c1-11-5-3-6-12(9-11)24(22,23)19-10-13(16)14(17-7-4-8-20)18(2)15(19)21/h3,5-6,8-10H,4,7H2,1-2H3. The first kappa shape index (κ1) is 17.8. The fourth-order valence-electron chi connectivity index (χ4n) is 2.08. The lowest BCUT2D eigenvalue weighted by Gasteiger charge is -2.10. The number of carbonyl (C=O) groups is 1. The van der Waals surface area contributed by atoms with Gasteiger partial charge in [0.05, 0.1) is 11.1 Å². The van der Waals surface area contributed by atoms with E-state index < -0.39 is 21.5 Å². The molecule has 0 radical (unpaired) electrons. The van der Waals surface area contributed by atoms with E-state index in [4.69, 9.17) is 0 Å². The first-order valence-electron chi connectivity index (χ1n) is 7.03. The zero-order valence-electron chi connectivity index (χ0n) is 13.1. The monoisotopic (exact) mass is 353 g/mol. The van der Waals surface area contributed by atoms with Crippen molar-refractivity contribution in [1.82, 2.24) is 8.54 Å². The molecule has 0 aliphatic carbocycles. The van der Waals surface area contributed by atoms with Gasteiger partial charge < -0.3 is 4.79 Å². The highest BCUT2D eigenvalue weighted by atomic mass is 32.2. The number of hydrogen-bond donors (Lipinski definition) is 0. The molecule has 24 heavy (non-hydrogen) atoms. The third-order valence-corrected chi connectivity index (χ3v) is 4.92. The predicted molar refractivity (Wildman–Crippen MR) is 84.5 cm³/mol. The van der Waals surface area contributed by atoms with Crippen LogP contribution >= 0.6 is 0 Å². The van der Waals surface area contributed by atoms with Crippen LogP contribution in [0.4, 0.5) is 4.39 Å². The van der Waals surface area contributed by atoms with Gasteiger partial charge in [-0.05, 0) is 24.6 Å². The molecule has 2 aromatic rings. The SMILES string of the molecule is Cc1cccc(S(=O)(=O)n2cc(F)c(=NCCC=O)n(C)c2=O)c1. The van der Waals surface area contributed by atoms with Crippen molar-refractivity contribution in [2.24, 2.45) is 12.0 Å². The van der Waals surface area contributed by atoms with Gasteiger partial charge in [0, 0.05) is 20.0 Å². The number of aromatic nitrogens is 2. The van der Waals surface area contributed by atoms with Crippen LogP contribution in [0, 0.1) is 12.7 Å². The molecule has 0 saturated carbocycles. The summed E-state index contributed by atoms with van der Waals surface area (Å²) in [5.41, 5.74) is -0.574. The van der Waals surface area contributed by atoms with E-state index in [1.54, 1.807) is 13.0 Å². The Hall–Kier alpha value is -2.55. The van der Waals surface area contributed by atoms with Gasteiger partial charge in [0.25, 0.3) is 10.0 Å². The van der Waals surface area contributed by atoms with Crippen LogP contribution in [-0.4, -0.2) is 29.8 Å². The van der Waals surface area contributed by atoms with Gasteiger partial charge >= 0.3 is 5.69 Å². The highest BCUT2D eigenvalue weighted by Gasteiger charge is 2.21. The van der Waals surface area contributed by atoms with Crippen LogP contribution in [0.25, 0.3) is 0 Å². The Kier molecular flexibility index (Phi) is 5.13. The van der Waals surface area contributed by atoms with Crippen molar-refractivity contribution in [3.8, 4) is 0 Å². The third kappa shape index (κ3) is 3.35. The van der Waals surface area contributed by atoms with Crippen molar-refractivity contribution in [3.63, 3.8) is 0 Å². The van der Waals surface area contributed by atoms with E-state index in [0.717, 1.165) is 4.57 Å². The molecule has 0 atom stereocenters. The molecule has 0 aliphatic heterocycles. The summed E-state index contributed by atoms with van der Waals surface area (Å²) in [6.07, 6.45) is 1.29. The Bertz CT molecular complexity index is 1010. The zero-order chi connectivity index (χ0) is 17.9.